The van der Waals surface area contributed by atoms with E-state index in [1.54, 1.807) is 18.2 Å². The van der Waals surface area contributed by atoms with E-state index >= 15 is 0 Å². The van der Waals surface area contributed by atoms with Crippen molar-refractivity contribution in [1.29, 1.82) is 0 Å². The Labute approximate surface area is 117 Å². The van der Waals surface area contributed by atoms with Gasteiger partial charge in [0, 0.05) is 6.07 Å². The lowest BCUT2D eigenvalue weighted by molar-refractivity contribution is -0.422. The summed E-state index contributed by atoms with van der Waals surface area (Å²) in [5.41, 5.74) is -1.14. The van der Waals surface area contributed by atoms with Crippen LogP contribution < -0.4 is 4.74 Å². The molecule has 0 radical (unpaired) electrons. The maximum atomic E-state index is 11.8. The molecular weight excluding hydrogens is 280 g/mol. The van der Waals surface area contributed by atoms with Gasteiger partial charge in [0.25, 0.3) is 0 Å². The fraction of sp³-hybridized carbons (Fsp3) is 0. The Morgan fingerprint density at radius 3 is 2.10 bits per heavy atom. The molecule has 0 aromatic heterocycles. The van der Waals surface area contributed by atoms with Gasteiger partial charge in [-0.05, 0) is 18.2 Å². The summed E-state index contributed by atoms with van der Waals surface area (Å²) in [7, 11) is 0. The molecule has 0 heterocycles. The molecular formula is C13H8N2O6. The summed E-state index contributed by atoms with van der Waals surface area (Å²) in [6.07, 6.45) is 0. The van der Waals surface area contributed by atoms with Crippen LogP contribution in [0.3, 0.4) is 0 Å². The summed E-state index contributed by atoms with van der Waals surface area (Å²) >= 11 is 0. The number of rotatable bonds is 4. The molecule has 8 nitrogen and oxygen atoms in total. The molecule has 0 N–H and O–H groups in total. The summed E-state index contributed by atoms with van der Waals surface area (Å²) in [5, 5.41) is 21.5. The number of carbonyl (C=O) groups excluding carboxylic acids is 1. The predicted molar refractivity (Wildman–Crippen MR) is 71.2 cm³/mol. The van der Waals surface area contributed by atoms with E-state index in [1.165, 1.54) is 12.1 Å². The van der Waals surface area contributed by atoms with E-state index in [0.717, 1.165) is 18.2 Å². The van der Waals surface area contributed by atoms with Gasteiger partial charge < -0.3 is 4.74 Å². The third-order valence-electron chi connectivity index (χ3n) is 2.56. The molecule has 8 heteroatoms. The molecule has 0 saturated heterocycles. The number of ether oxygens (including phenoxy) is 1. The van der Waals surface area contributed by atoms with Crippen molar-refractivity contribution in [1.82, 2.24) is 0 Å². The average molecular weight is 288 g/mol. The van der Waals surface area contributed by atoms with Crippen molar-refractivity contribution in [3.63, 3.8) is 0 Å². The molecule has 21 heavy (non-hydrogen) atoms. The second-order valence-electron chi connectivity index (χ2n) is 3.92. The van der Waals surface area contributed by atoms with E-state index < -0.39 is 27.2 Å². The average Bonchev–Trinajstić information content (AvgIpc) is 2.47. The Bertz CT molecular complexity index is 714. The van der Waals surface area contributed by atoms with Gasteiger partial charge in [-0.25, -0.2) is 4.79 Å². The van der Waals surface area contributed by atoms with E-state index in [2.05, 4.69) is 0 Å². The van der Waals surface area contributed by atoms with Gasteiger partial charge in [-0.15, -0.1) is 0 Å². The predicted octanol–water partition coefficient (Wildman–Crippen LogP) is 2.72. The van der Waals surface area contributed by atoms with Gasteiger partial charge >= 0.3 is 17.3 Å². The summed E-state index contributed by atoms with van der Waals surface area (Å²) in [4.78, 5) is 31.5. The van der Waals surface area contributed by atoms with Crippen molar-refractivity contribution in [3.8, 4) is 5.75 Å². The van der Waals surface area contributed by atoms with Gasteiger partial charge in [0.2, 0.25) is 0 Å². The zero-order chi connectivity index (χ0) is 15.4. The van der Waals surface area contributed by atoms with E-state index in [1.807, 2.05) is 0 Å². The topological polar surface area (TPSA) is 113 Å². The first-order valence-corrected chi connectivity index (χ1v) is 5.69. The number of nitro groups is 2. The monoisotopic (exact) mass is 288 g/mol. The Morgan fingerprint density at radius 2 is 1.52 bits per heavy atom. The largest absolute Gasteiger partial charge is 0.423 e. The SMILES string of the molecule is O=C(Oc1ccc([N+](=O)[O-])c([N+](=O)[O-])c1)c1ccccc1. The second kappa shape index (κ2) is 5.78. The van der Waals surface area contributed by atoms with Crippen molar-refractivity contribution < 1.29 is 19.4 Å². The minimum Gasteiger partial charge on any atom is -0.423 e. The van der Waals surface area contributed by atoms with E-state index in [-0.39, 0.29) is 11.3 Å². The Balaban J connectivity index is 2.30. The molecule has 0 atom stereocenters. The minimum atomic E-state index is -0.905. The Morgan fingerprint density at radius 1 is 0.905 bits per heavy atom. The van der Waals surface area contributed by atoms with Gasteiger partial charge in [-0.2, -0.15) is 0 Å². The highest BCUT2D eigenvalue weighted by Gasteiger charge is 2.25. The zero-order valence-corrected chi connectivity index (χ0v) is 10.5. The fourth-order valence-electron chi connectivity index (χ4n) is 1.61. The first-order chi connectivity index (χ1) is 9.99. The molecule has 0 bridgehead atoms. The molecule has 0 aliphatic heterocycles. The van der Waals surface area contributed by atoms with Crippen LogP contribution in [-0.2, 0) is 0 Å². The van der Waals surface area contributed by atoms with Gasteiger partial charge in [-0.3, -0.25) is 20.2 Å². The van der Waals surface area contributed by atoms with Crippen LogP contribution in [0.25, 0.3) is 0 Å². The van der Waals surface area contributed by atoms with Gasteiger partial charge in [0.05, 0.1) is 21.5 Å². The molecule has 0 saturated carbocycles. The third-order valence-corrected chi connectivity index (χ3v) is 2.56. The van der Waals surface area contributed by atoms with Gasteiger partial charge in [-0.1, -0.05) is 18.2 Å². The van der Waals surface area contributed by atoms with Crippen LogP contribution in [0, 0.1) is 20.2 Å². The molecule has 106 valence electrons. The maximum absolute atomic E-state index is 11.8. The number of nitro benzene ring substituents is 2. The standard InChI is InChI=1S/C13H8N2O6/c16-13(9-4-2-1-3-5-9)21-10-6-7-11(14(17)18)12(8-10)15(19)20/h1-8H. The van der Waals surface area contributed by atoms with Crippen LogP contribution in [0.2, 0.25) is 0 Å². The van der Waals surface area contributed by atoms with Crippen molar-refractivity contribution in [2.45, 2.75) is 0 Å². The summed E-state index contributed by atoms with van der Waals surface area (Å²) < 4.78 is 4.96. The van der Waals surface area contributed by atoms with Crippen LogP contribution in [0.15, 0.2) is 48.5 Å². The lowest BCUT2D eigenvalue weighted by Crippen LogP contribution is -2.08. The molecule has 0 unspecified atom stereocenters. The van der Waals surface area contributed by atoms with Crippen LogP contribution in [0.4, 0.5) is 11.4 Å². The molecule has 0 fully saturated rings. The van der Waals surface area contributed by atoms with E-state index in [0.29, 0.717) is 0 Å². The van der Waals surface area contributed by atoms with Crippen LogP contribution in [0.5, 0.6) is 5.75 Å². The molecule has 2 aromatic rings. The van der Waals surface area contributed by atoms with E-state index in [9.17, 15) is 25.0 Å². The number of nitrogens with zero attached hydrogens (tertiary/aromatic N) is 2. The lowest BCUT2D eigenvalue weighted by Gasteiger charge is -2.04. The zero-order valence-electron chi connectivity index (χ0n) is 10.5. The number of hydrogen-bond acceptors (Lipinski definition) is 6. The highest BCUT2D eigenvalue weighted by atomic mass is 16.6. The minimum absolute atomic E-state index is 0.138. The molecule has 2 aromatic carbocycles. The Hall–Kier alpha value is -3.29. The maximum Gasteiger partial charge on any atom is 0.349 e. The number of hydrogen-bond donors (Lipinski definition) is 0. The summed E-state index contributed by atoms with van der Waals surface area (Å²) in [6, 6.07) is 10.9. The van der Waals surface area contributed by atoms with Gasteiger partial charge in [0.15, 0.2) is 0 Å². The molecule has 0 aliphatic carbocycles. The second-order valence-corrected chi connectivity index (χ2v) is 3.92. The van der Waals surface area contributed by atoms with Crippen LogP contribution in [-0.4, -0.2) is 15.8 Å². The lowest BCUT2D eigenvalue weighted by atomic mass is 10.2. The number of benzene rings is 2. The molecule has 2 rings (SSSR count). The normalized spacial score (nSPS) is 9.90. The highest BCUT2D eigenvalue weighted by molar-refractivity contribution is 5.91. The smallest absolute Gasteiger partial charge is 0.349 e. The Kier molecular flexibility index (Phi) is 3.89. The van der Waals surface area contributed by atoms with Crippen molar-refractivity contribution in [2.75, 3.05) is 0 Å². The molecule has 0 aliphatic rings. The van der Waals surface area contributed by atoms with Crippen molar-refractivity contribution >= 4 is 17.3 Å². The third kappa shape index (κ3) is 3.18. The first kappa shape index (κ1) is 14.1. The van der Waals surface area contributed by atoms with Crippen LogP contribution in [0.1, 0.15) is 10.4 Å². The number of carbonyl (C=O) groups is 1. The molecule has 0 amide bonds. The fourth-order valence-corrected chi connectivity index (χ4v) is 1.61. The molecule has 0 spiro atoms. The quantitative estimate of drug-likeness (QED) is 0.370. The summed E-state index contributed by atoms with van der Waals surface area (Å²) in [5.74, 6) is -0.847. The van der Waals surface area contributed by atoms with E-state index in [4.69, 9.17) is 4.74 Å². The van der Waals surface area contributed by atoms with Gasteiger partial charge in [0.1, 0.15) is 5.75 Å². The number of esters is 1. The van der Waals surface area contributed by atoms with Crippen LogP contribution >= 0.6 is 0 Å². The van der Waals surface area contributed by atoms with Crippen molar-refractivity contribution in [2.24, 2.45) is 0 Å². The first-order valence-electron chi connectivity index (χ1n) is 5.69. The highest BCUT2D eigenvalue weighted by Crippen LogP contribution is 2.30. The van der Waals surface area contributed by atoms with Crippen molar-refractivity contribution in [3.05, 3.63) is 74.3 Å². The summed E-state index contributed by atoms with van der Waals surface area (Å²) in [6.45, 7) is 0.